The Labute approximate surface area is 128 Å². The molecule has 2 aromatic carbocycles. The summed E-state index contributed by atoms with van der Waals surface area (Å²) in [6.45, 7) is -2.39. The van der Waals surface area contributed by atoms with Gasteiger partial charge >= 0.3 is 6.61 Å². The summed E-state index contributed by atoms with van der Waals surface area (Å²) >= 11 is 9.27. The SMILES string of the molecule is FC(F)Oc1ccccc1NCc1ccc(Cl)cc1Br. The molecule has 6 heteroatoms. The van der Waals surface area contributed by atoms with E-state index in [9.17, 15) is 8.78 Å². The number of hydrogen-bond acceptors (Lipinski definition) is 2. The molecule has 1 N–H and O–H groups in total. The Bertz CT molecular complexity index is 595. The van der Waals surface area contributed by atoms with Gasteiger partial charge in [-0.2, -0.15) is 8.78 Å². The number of halogens is 4. The maximum absolute atomic E-state index is 12.3. The summed E-state index contributed by atoms with van der Waals surface area (Å²) in [6, 6.07) is 12.0. The first-order valence-corrected chi connectivity index (χ1v) is 6.95. The predicted octanol–water partition coefficient (Wildman–Crippen LogP) is 5.32. The highest BCUT2D eigenvalue weighted by atomic mass is 79.9. The van der Waals surface area contributed by atoms with Crippen molar-refractivity contribution in [1.82, 2.24) is 0 Å². The lowest BCUT2D eigenvalue weighted by Crippen LogP contribution is -2.06. The summed E-state index contributed by atoms with van der Waals surface area (Å²) in [5, 5.41) is 3.69. The van der Waals surface area contributed by atoms with Crippen molar-refractivity contribution < 1.29 is 13.5 Å². The molecule has 0 aliphatic rings. The second-order valence-electron chi connectivity index (χ2n) is 3.96. The predicted molar refractivity (Wildman–Crippen MR) is 79.6 cm³/mol. The quantitative estimate of drug-likeness (QED) is 0.777. The standard InChI is InChI=1S/C14H11BrClF2NO/c15-11-7-10(16)6-5-9(11)8-19-12-3-1-2-4-13(12)20-14(17)18/h1-7,14,19H,8H2. The van der Waals surface area contributed by atoms with Crippen LogP contribution in [-0.4, -0.2) is 6.61 Å². The molecule has 0 radical (unpaired) electrons. The number of alkyl halides is 2. The van der Waals surface area contributed by atoms with Crippen molar-refractivity contribution in [2.45, 2.75) is 13.2 Å². The molecule has 0 amide bonds. The van der Waals surface area contributed by atoms with Gasteiger partial charge in [-0.05, 0) is 29.8 Å². The molecule has 0 saturated heterocycles. The zero-order chi connectivity index (χ0) is 14.5. The molecule has 0 bridgehead atoms. The van der Waals surface area contributed by atoms with Crippen molar-refractivity contribution in [2.75, 3.05) is 5.32 Å². The molecular formula is C14H11BrClF2NO. The van der Waals surface area contributed by atoms with Crippen LogP contribution in [0, 0.1) is 0 Å². The summed E-state index contributed by atoms with van der Waals surface area (Å²) < 4.78 is 29.9. The van der Waals surface area contributed by atoms with Crippen LogP contribution in [0.25, 0.3) is 0 Å². The lowest BCUT2D eigenvalue weighted by Gasteiger charge is -2.13. The molecular weight excluding hydrogens is 352 g/mol. The van der Waals surface area contributed by atoms with E-state index < -0.39 is 6.61 Å². The van der Waals surface area contributed by atoms with Gasteiger partial charge in [0.1, 0.15) is 5.75 Å². The fourth-order valence-corrected chi connectivity index (χ4v) is 2.49. The molecule has 0 unspecified atom stereocenters. The first-order valence-electron chi connectivity index (χ1n) is 5.78. The van der Waals surface area contributed by atoms with E-state index in [1.165, 1.54) is 6.07 Å². The Kier molecular flexibility index (Phi) is 5.20. The molecule has 0 aliphatic heterocycles. The van der Waals surface area contributed by atoms with Crippen LogP contribution in [0.1, 0.15) is 5.56 Å². The third-order valence-corrected chi connectivity index (χ3v) is 3.56. The fraction of sp³-hybridized carbons (Fsp3) is 0.143. The van der Waals surface area contributed by atoms with Gasteiger partial charge < -0.3 is 10.1 Å². The van der Waals surface area contributed by atoms with Crippen LogP contribution in [0.4, 0.5) is 14.5 Å². The monoisotopic (exact) mass is 361 g/mol. The summed E-state index contributed by atoms with van der Waals surface area (Å²) in [5.74, 6) is 0.118. The Morgan fingerprint density at radius 1 is 1.20 bits per heavy atom. The average Bonchev–Trinajstić information content (AvgIpc) is 2.39. The minimum Gasteiger partial charge on any atom is -0.433 e. The molecule has 20 heavy (non-hydrogen) atoms. The van der Waals surface area contributed by atoms with Crippen molar-refractivity contribution in [1.29, 1.82) is 0 Å². The third kappa shape index (κ3) is 4.08. The zero-order valence-electron chi connectivity index (χ0n) is 10.2. The van der Waals surface area contributed by atoms with Crippen LogP contribution in [0.15, 0.2) is 46.9 Å². The van der Waals surface area contributed by atoms with Gasteiger partial charge in [0.05, 0.1) is 5.69 Å². The molecule has 0 saturated carbocycles. The second kappa shape index (κ2) is 6.90. The molecule has 0 aliphatic carbocycles. The van der Waals surface area contributed by atoms with Gasteiger partial charge in [-0.15, -0.1) is 0 Å². The minimum absolute atomic E-state index is 0.118. The highest BCUT2D eigenvalue weighted by Crippen LogP contribution is 2.27. The van der Waals surface area contributed by atoms with Gasteiger partial charge in [0.25, 0.3) is 0 Å². The van der Waals surface area contributed by atoms with E-state index >= 15 is 0 Å². The van der Waals surface area contributed by atoms with Gasteiger partial charge in [-0.3, -0.25) is 0 Å². The average molecular weight is 363 g/mol. The van der Waals surface area contributed by atoms with Gasteiger partial charge in [0.15, 0.2) is 0 Å². The van der Waals surface area contributed by atoms with Gasteiger partial charge in [-0.25, -0.2) is 0 Å². The Morgan fingerprint density at radius 3 is 2.65 bits per heavy atom. The summed E-state index contributed by atoms with van der Waals surface area (Å²) in [7, 11) is 0. The fourth-order valence-electron chi connectivity index (χ4n) is 1.67. The smallest absolute Gasteiger partial charge is 0.387 e. The van der Waals surface area contributed by atoms with E-state index in [1.54, 1.807) is 30.3 Å². The number of rotatable bonds is 5. The molecule has 0 heterocycles. The number of ether oxygens (including phenoxy) is 1. The topological polar surface area (TPSA) is 21.3 Å². The maximum atomic E-state index is 12.3. The van der Waals surface area contributed by atoms with E-state index in [1.807, 2.05) is 6.07 Å². The normalized spacial score (nSPS) is 10.7. The van der Waals surface area contributed by atoms with E-state index in [-0.39, 0.29) is 5.75 Å². The number of para-hydroxylation sites is 2. The van der Waals surface area contributed by atoms with Crippen LogP contribution in [0.2, 0.25) is 5.02 Å². The lowest BCUT2D eigenvalue weighted by atomic mass is 10.2. The Balaban J connectivity index is 2.10. The van der Waals surface area contributed by atoms with Crippen molar-refractivity contribution in [3.63, 3.8) is 0 Å². The number of nitrogens with one attached hydrogen (secondary N) is 1. The molecule has 0 aromatic heterocycles. The second-order valence-corrected chi connectivity index (χ2v) is 5.25. The number of benzene rings is 2. The van der Waals surface area contributed by atoms with Crippen LogP contribution in [-0.2, 0) is 6.54 Å². The van der Waals surface area contributed by atoms with Crippen molar-refractivity contribution >= 4 is 33.2 Å². The van der Waals surface area contributed by atoms with Gasteiger partial charge in [0.2, 0.25) is 0 Å². The Morgan fingerprint density at radius 2 is 1.95 bits per heavy atom. The molecule has 0 spiro atoms. The molecule has 2 nitrogen and oxygen atoms in total. The summed E-state index contributed by atoms with van der Waals surface area (Å²) in [6.07, 6.45) is 0. The third-order valence-electron chi connectivity index (χ3n) is 2.59. The maximum Gasteiger partial charge on any atom is 0.387 e. The first kappa shape index (κ1) is 15.1. The minimum atomic E-state index is -2.85. The van der Waals surface area contributed by atoms with Gasteiger partial charge in [0, 0.05) is 16.0 Å². The molecule has 0 atom stereocenters. The largest absolute Gasteiger partial charge is 0.433 e. The lowest BCUT2D eigenvalue weighted by molar-refractivity contribution is -0.0493. The molecule has 0 fully saturated rings. The van der Waals surface area contributed by atoms with Crippen molar-refractivity contribution in [3.05, 3.63) is 57.5 Å². The summed E-state index contributed by atoms with van der Waals surface area (Å²) in [5.41, 5.74) is 1.47. The van der Waals surface area contributed by atoms with E-state index in [2.05, 4.69) is 26.0 Å². The molecule has 106 valence electrons. The zero-order valence-corrected chi connectivity index (χ0v) is 12.6. The molecule has 2 aromatic rings. The van der Waals surface area contributed by atoms with E-state index in [0.717, 1.165) is 10.0 Å². The van der Waals surface area contributed by atoms with Crippen LogP contribution < -0.4 is 10.1 Å². The molecule has 2 rings (SSSR count). The highest BCUT2D eigenvalue weighted by molar-refractivity contribution is 9.10. The first-order chi connectivity index (χ1) is 9.56. The van der Waals surface area contributed by atoms with Crippen molar-refractivity contribution in [2.24, 2.45) is 0 Å². The van der Waals surface area contributed by atoms with E-state index in [0.29, 0.717) is 17.3 Å². The summed E-state index contributed by atoms with van der Waals surface area (Å²) in [4.78, 5) is 0. The van der Waals surface area contributed by atoms with Crippen LogP contribution >= 0.6 is 27.5 Å². The van der Waals surface area contributed by atoms with Crippen LogP contribution in [0.3, 0.4) is 0 Å². The highest BCUT2D eigenvalue weighted by Gasteiger charge is 2.09. The Hall–Kier alpha value is -1.33. The number of hydrogen-bond donors (Lipinski definition) is 1. The van der Waals surface area contributed by atoms with Crippen LogP contribution in [0.5, 0.6) is 5.75 Å². The van der Waals surface area contributed by atoms with E-state index in [4.69, 9.17) is 11.6 Å². The number of anilines is 1. The van der Waals surface area contributed by atoms with Gasteiger partial charge in [-0.1, -0.05) is 45.7 Å². The van der Waals surface area contributed by atoms with Crippen molar-refractivity contribution in [3.8, 4) is 5.75 Å².